The first-order valence-corrected chi connectivity index (χ1v) is 14.8. The Bertz CT molecular complexity index is 757. The van der Waals surface area contributed by atoms with Crippen molar-refractivity contribution in [3.8, 4) is 0 Å². The van der Waals surface area contributed by atoms with Gasteiger partial charge in [-0.3, -0.25) is 0 Å². The second kappa shape index (κ2) is 12.3. The summed E-state index contributed by atoms with van der Waals surface area (Å²) in [5.74, 6) is 0.538. The number of benzene rings is 2. The van der Waals surface area contributed by atoms with Crippen molar-refractivity contribution >= 4 is 18.7 Å². The highest BCUT2D eigenvalue weighted by molar-refractivity contribution is 6.99. The molecule has 0 aliphatic carbocycles. The average Bonchev–Trinajstić information content (AvgIpc) is 2.82. The molecule has 4 heteroatoms. The summed E-state index contributed by atoms with van der Waals surface area (Å²) in [5.41, 5.74) is 0. The van der Waals surface area contributed by atoms with Gasteiger partial charge in [0, 0.05) is 12.7 Å². The largest absolute Gasteiger partial charge is 0.405 e. The summed E-state index contributed by atoms with van der Waals surface area (Å²) in [7, 11) is -2.47. The molecule has 2 aromatic rings. The quantitative estimate of drug-likeness (QED) is 0.362. The van der Waals surface area contributed by atoms with Crippen LogP contribution in [0.4, 0.5) is 0 Å². The van der Waals surface area contributed by atoms with Gasteiger partial charge >= 0.3 is 0 Å². The molecule has 0 radical (unpaired) electrons. The lowest BCUT2D eigenvalue weighted by molar-refractivity contribution is -0.168. The third kappa shape index (κ3) is 7.02. The molecule has 0 bridgehead atoms. The van der Waals surface area contributed by atoms with Crippen molar-refractivity contribution in [3.63, 3.8) is 0 Å². The van der Waals surface area contributed by atoms with Gasteiger partial charge in [-0.15, -0.1) is 0 Å². The van der Waals surface area contributed by atoms with E-state index in [9.17, 15) is 0 Å². The molecule has 0 N–H and O–H groups in total. The lowest BCUT2D eigenvalue weighted by Gasteiger charge is -2.44. The molecule has 0 aromatic heterocycles. The number of ether oxygens (including phenoxy) is 2. The molecule has 3 atom stereocenters. The van der Waals surface area contributed by atoms with Crippen LogP contribution < -0.4 is 10.4 Å². The molecule has 33 heavy (non-hydrogen) atoms. The molecule has 2 aromatic carbocycles. The highest BCUT2D eigenvalue weighted by Gasteiger charge is 2.50. The lowest BCUT2D eigenvalue weighted by atomic mass is 10.0. The van der Waals surface area contributed by atoms with E-state index in [-0.39, 0.29) is 17.4 Å². The Balaban J connectivity index is 1.64. The van der Waals surface area contributed by atoms with Crippen molar-refractivity contribution in [2.75, 3.05) is 13.2 Å². The van der Waals surface area contributed by atoms with Gasteiger partial charge in [-0.2, -0.15) is 0 Å². The molecule has 1 fully saturated rings. The van der Waals surface area contributed by atoms with E-state index in [1.54, 1.807) is 0 Å². The Hall–Kier alpha value is -1.46. The maximum Gasteiger partial charge on any atom is 0.261 e. The Morgan fingerprint density at radius 2 is 1.52 bits per heavy atom. The Morgan fingerprint density at radius 1 is 0.909 bits per heavy atom. The van der Waals surface area contributed by atoms with E-state index >= 15 is 0 Å². The third-order valence-corrected chi connectivity index (χ3v) is 12.0. The molecule has 182 valence electrons. The standard InChI is InChI=1S/C29H44O3Si/c1-24(23-31-28-21-12-13-22-30-28)15-14-16-25(2)32-33(29(3,4)5,26-17-8-6-9-18-26)27-19-10-7-11-20-27/h6-11,17-20,24-25,28H,12-16,21-23H2,1-5H3/t24-,25-,28?/m0/s1. The molecule has 3 nitrogen and oxygen atoms in total. The van der Waals surface area contributed by atoms with E-state index in [1.807, 2.05) is 0 Å². The van der Waals surface area contributed by atoms with E-state index < -0.39 is 8.32 Å². The predicted molar refractivity (Wildman–Crippen MR) is 141 cm³/mol. The van der Waals surface area contributed by atoms with Gasteiger partial charge in [0.05, 0.1) is 6.61 Å². The van der Waals surface area contributed by atoms with Crippen LogP contribution in [0.5, 0.6) is 0 Å². The van der Waals surface area contributed by atoms with Gasteiger partial charge in [0.15, 0.2) is 6.29 Å². The zero-order chi connectivity index (χ0) is 23.7. The normalized spacial score (nSPS) is 19.2. The highest BCUT2D eigenvalue weighted by Crippen LogP contribution is 2.38. The maximum absolute atomic E-state index is 7.20. The molecule has 0 saturated carbocycles. The smallest absolute Gasteiger partial charge is 0.261 e. The van der Waals surface area contributed by atoms with Crippen LogP contribution in [-0.4, -0.2) is 33.9 Å². The number of hydrogen-bond donors (Lipinski definition) is 0. The highest BCUT2D eigenvalue weighted by atomic mass is 28.4. The van der Waals surface area contributed by atoms with Crippen LogP contribution in [0.3, 0.4) is 0 Å². The van der Waals surface area contributed by atoms with E-state index in [4.69, 9.17) is 13.9 Å². The van der Waals surface area contributed by atoms with Crippen LogP contribution in [0, 0.1) is 5.92 Å². The first-order chi connectivity index (χ1) is 15.8. The van der Waals surface area contributed by atoms with Crippen molar-refractivity contribution in [2.45, 2.75) is 90.6 Å². The van der Waals surface area contributed by atoms with Crippen molar-refractivity contribution in [2.24, 2.45) is 5.92 Å². The zero-order valence-electron chi connectivity index (χ0n) is 21.4. The SMILES string of the molecule is C[C@@H](CCC[C@H](C)O[Si](c1ccccc1)(c1ccccc1)C(C)(C)C)COC1CCCCO1. The minimum Gasteiger partial charge on any atom is -0.405 e. The topological polar surface area (TPSA) is 27.7 Å². The van der Waals surface area contributed by atoms with Crippen molar-refractivity contribution in [1.29, 1.82) is 0 Å². The molecule has 0 amide bonds. The van der Waals surface area contributed by atoms with Gasteiger partial charge < -0.3 is 13.9 Å². The molecular weight excluding hydrogens is 424 g/mol. The fourth-order valence-corrected chi connectivity index (χ4v) is 9.74. The summed E-state index contributed by atoms with van der Waals surface area (Å²) in [6, 6.07) is 21.9. The lowest BCUT2D eigenvalue weighted by Crippen LogP contribution is -2.67. The van der Waals surface area contributed by atoms with Gasteiger partial charge in [-0.1, -0.05) is 94.8 Å². The van der Waals surface area contributed by atoms with Crippen LogP contribution in [0.25, 0.3) is 0 Å². The predicted octanol–water partition coefficient (Wildman–Crippen LogP) is 6.30. The molecule has 1 saturated heterocycles. The van der Waals surface area contributed by atoms with Gasteiger partial charge in [-0.25, -0.2) is 0 Å². The van der Waals surface area contributed by atoms with Crippen molar-refractivity contribution in [1.82, 2.24) is 0 Å². The summed E-state index contributed by atoms with van der Waals surface area (Å²) in [5, 5.41) is 2.72. The zero-order valence-corrected chi connectivity index (χ0v) is 22.4. The number of rotatable bonds is 11. The molecular formula is C29H44O3Si. The van der Waals surface area contributed by atoms with Crippen LogP contribution >= 0.6 is 0 Å². The molecule has 1 heterocycles. The van der Waals surface area contributed by atoms with Crippen LogP contribution in [0.1, 0.15) is 73.1 Å². The van der Waals surface area contributed by atoms with Crippen molar-refractivity contribution in [3.05, 3.63) is 60.7 Å². The molecule has 1 unspecified atom stereocenters. The summed E-state index contributed by atoms with van der Waals surface area (Å²) >= 11 is 0. The summed E-state index contributed by atoms with van der Waals surface area (Å²) in [6.45, 7) is 13.2. The first kappa shape index (κ1) is 26.1. The van der Waals surface area contributed by atoms with E-state index in [0.29, 0.717) is 5.92 Å². The average molecular weight is 469 g/mol. The fraction of sp³-hybridized carbons (Fsp3) is 0.586. The van der Waals surface area contributed by atoms with E-state index in [2.05, 4.69) is 95.3 Å². The number of hydrogen-bond acceptors (Lipinski definition) is 3. The second-order valence-corrected chi connectivity index (χ2v) is 15.0. The van der Waals surface area contributed by atoms with E-state index in [0.717, 1.165) is 38.9 Å². The van der Waals surface area contributed by atoms with Gasteiger partial charge in [-0.05, 0) is 60.4 Å². The molecule has 0 spiro atoms. The summed E-state index contributed by atoms with van der Waals surface area (Å²) < 4.78 is 18.9. The van der Waals surface area contributed by atoms with Gasteiger partial charge in [0.2, 0.25) is 0 Å². The minimum absolute atomic E-state index is 0.0126. The van der Waals surface area contributed by atoms with Crippen LogP contribution in [0.15, 0.2) is 60.7 Å². The minimum atomic E-state index is -2.47. The van der Waals surface area contributed by atoms with Crippen LogP contribution in [0.2, 0.25) is 5.04 Å². The van der Waals surface area contributed by atoms with Crippen LogP contribution in [-0.2, 0) is 13.9 Å². The molecule has 1 aliphatic rings. The Kier molecular flexibility index (Phi) is 9.75. The van der Waals surface area contributed by atoms with Gasteiger partial charge in [0.1, 0.15) is 0 Å². The third-order valence-electron chi connectivity index (χ3n) is 6.81. The summed E-state index contributed by atoms with van der Waals surface area (Å²) in [4.78, 5) is 0. The monoisotopic (exact) mass is 468 g/mol. The Labute approximate surface area is 203 Å². The second-order valence-electron chi connectivity index (χ2n) is 10.8. The summed E-state index contributed by atoms with van der Waals surface area (Å²) in [6.07, 6.45) is 7.00. The van der Waals surface area contributed by atoms with Gasteiger partial charge in [0.25, 0.3) is 8.32 Å². The van der Waals surface area contributed by atoms with Crippen molar-refractivity contribution < 1.29 is 13.9 Å². The van der Waals surface area contributed by atoms with E-state index in [1.165, 1.54) is 23.2 Å². The maximum atomic E-state index is 7.20. The molecule has 3 rings (SSSR count). The Morgan fingerprint density at radius 3 is 2.03 bits per heavy atom. The fourth-order valence-electron chi connectivity index (χ4n) is 5.00. The first-order valence-electron chi connectivity index (χ1n) is 12.8. The molecule has 1 aliphatic heterocycles.